The van der Waals surface area contributed by atoms with Crippen molar-refractivity contribution < 1.29 is 4.79 Å². The second kappa shape index (κ2) is 10.2. The molecule has 1 unspecified atom stereocenters. The van der Waals surface area contributed by atoms with Gasteiger partial charge in [0.05, 0.1) is 6.04 Å². The van der Waals surface area contributed by atoms with Crippen LogP contribution < -0.4 is 11.1 Å². The number of nitrogens with two attached hydrogens (primary N) is 1. The van der Waals surface area contributed by atoms with Gasteiger partial charge in [0, 0.05) is 12.6 Å². The lowest BCUT2D eigenvalue weighted by atomic mass is 10.1. The summed E-state index contributed by atoms with van der Waals surface area (Å²) in [7, 11) is 0. The first-order valence-electron chi connectivity index (χ1n) is 8.00. The zero-order chi connectivity index (χ0) is 15.7. The van der Waals surface area contributed by atoms with Crippen molar-refractivity contribution in [1.29, 1.82) is 0 Å². The number of nitrogens with zero attached hydrogens (tertiary/aromatic N) is 1. The Hall–Kier alpha value is -0.610. The van der Waals surface area contributed by atoms with E-state index in [9.17, 15) is 4.79 Å². The Morgan fingerprint density at radius 1 is 1.00 bits per heavy atom. The molecule has 0 bridgehead atoms. The van der Waals surface area contributed by atoms with E-state index in [0.29, 0.717) is 18.4 Å². The van der Waals surface area contributed by atoms with Gasteiger partial charge in [0.25, 0.3) is 0 Å². The lowest BCUT2D eigenvalue weighted by Crippen LogP contribution is -2.51. The van der Waals surface area contributed by atoms with Crippen molar-refractivity contribution in [2.24, 2.45) is 17.6 Å². The van der Waals surface area contributed by atoms with Gasteiger partial charge >= 0.3 is 0 Å². The SMILES string of the molecule is CC(C)CCN(CCC(C)C)CC(NC(C)C)C(N)=O. The van der Waals surface area contributed by atoms with Crippen molar-refractivity contribution in [3.63, 3.8) is 0 Å². The van der Waals surface area contributed by atoms with Crippen LogP contribution in [0.5, 0.6) is 0 Å². The molecule has 0 spiro atoms. The number of rotatable bonds is 11. The zero-order valence-corrected chi connectivity index (χ0v) is 14.3. The monoisotopic (exact) mass is 285 g/mol. The molecule has 120 valence electrons. The Bertz CT molecular complexity index is 252. The average Bonchev–Trinajstić information content (AvgIpc) is 2.30. The summed E-state index contributed by atoms with van der Waals surface area (Å²) in [6, 6.07) is 0.0128. The standard InChI is InChI=1S/C16H35N3O/c1-12(2)7-9-19(10-8-13(3)4)11-15(16(17)20)18-14(5)6/h12-15,18H,7-11H2,1-6H3,(H2,17,20). The highest BCUT2D eigenvalue weighted by Gasteiger charge is 2.20. The molecule has 0 saturated carbocycles. The van der Waals surface area contributed by atoms with Crippen molar-refractivity contribution in [3.8, 4) is 0 Å². The van der Waals surface area contributed by atoms with Crippen molar-refractivity contribution >= 4 is 5.91 Å². The minimum absolute atomic E-state index is 0.252. The van der Waals surface area contributed by atoms with E-state index in [1.54, 1.807) is 0 Å². The third kappa shape index (κ3) is 10.2. The van der Waals surface area contributed by atoms with Gasteiger partial charge in [0.15, 0.2) is 0 Å². The van der Waals surface area contributed by atoms with Gasteiger partial charge in [0.1, 0.15) is 0 Å². The molecule has 0 heterocycles. The van der Waals surface area contributed by atoms with Gasteiger partial charge in [-0.2, -0.15) is 0 Å². The van der Waals surface area contributed by atoms with Gasteiger partial charge in [-0.15, -0.1) is 0 Å². The average molecular weight is 285 g/mol. The fourth-order valence-electron chi connectivity index (χ4n) is 2.06. The van der Waals surface area contributed by atoms with E-state index in [1.807, 2.05) is 13.8 Å². The van der Waals surface area contributed by atoms with E-state index >= 15 is 0 Å². The Balaban J connectivity index is 4.51. The first kappa shape index (κ1) is 19.4. The van der Waals surface area contributed by atoms with Crippen LogP contribution in [0.25, 0.3) is 0 Å². The largest absolute Gasteiger partial charge is 0.368 e. The molecule has 1 atom stereocenters. The Morgan fingerprint density at radius 3 is 1.75 bits per heavy atom. The zero-order valence-electron chi connectivity index (χ0n) is 14.3. The van der Waals surface area contributed by atoms with Gasteiger partial charge < -0.3 is 16.0 Å². The molecule has 3 N–H and O–H groups in total. The van der Waals surface area contributed by atoms with Crippen LogP contribution in [0, 0.1) is 11.8 Å². The summed E-state index contributed by atoms with van der Waals surface area (Å²) in [5.74, 6) is 1.11. The van der Waals surface area contributed by atoms with Gasteiger partial charge in [-0.05, 0) is 37.8 Å². The first-order valence-corrected chi connectivity index (χ1v) is 8.00. The van der Waals surface area contributed by atoms with Crippen LogP contribution >= 0.6 is 0 Å². The number of amides is 1. The number of carbonyl (C=O) groups is 1. The fourth-order valence-corrected chi connectivity index (χ4v) is 2.06. The Kier molecular flexibility index (Phi) is 9.86. The van der Waals surface area contributed by atoms with Crippen LogP contribution in [0.15, 0.2) is 0 Å². The molecule has 1 amide bonds. The van der Waals surface area contributed by atoms with E-state index in [-0.39, 0.29) is 18.0 Å². The molecular weight excluding hydrogens is 250 g/mol. The van der Waals surface area contributed by atoms with E-state index in [1.165, 1.54) is 0 Å². The van der Waals surface area contributed by atoms with Crippen molar-refractivity contribution in [3.05, 3.63) is 0 Å². The molecule has 4 nitrogen and oxygen atoms in total. The van der Waals surface area contributed by atoms with Crippen LogP contribution in [-0.4, -0.2) is 42.5 Å². The van der Waals surface area contributed by atoms with Crippen LogP contribution in [0.1, 0.15) is 54.4 Å². The van der Waals surface area contributed by atoms with Crippen molar-refractivity contribution in [2.75, 3.05) is 19.6 Å². The molecule has 0 radical (unpaired) electrons. The second-order valence-electron chi connectivity index (χ2n) is 6.94. The summed E-state index contributed by atoms with van der Waals surface area (Å²) in [5, 5.41) is 3.27. The number of hydrogen-bond acceptors (Lipinski definition) is 3. The number of nitrogens with one attached hydrogen (secondary N) is 1. The third-order valence-electron chi connectivity index (χ3n) is 3.36. The third-order valence-corrected chi connectivity index (χ3v) is 3.36. The highest BCUT2D eigenvalue weighted by atomic mass is 16.1. The van der Waals surface area contributed by atoms with Crippen LogP contribution in [0.3, 0.4) is 0 Å². The molecule has 0 fully saturated rings. The highest BCUT2D eigenvalue weighted by molar-refractivity contribution is 5.80. The Morgan fingerprint density at radius 2 is 1.45 bits per heavy atom. The second-order valence-corrected chi connectivity index (χ2v) is 6.94. The number of primary amides is 1. The van der Waals surface area contributed by atoms with Crippen LogP contribution in [0.2, 0.25) is 0 Å². The molecule has 0 saturated heterocycles. The molecule has 0 aliphatic heterocycles. The maximum Gasteiger partial charge on any atom is 0.235 e. The molecule has 0 aliphatic carbocycles. The summed E-state index contributed by atoms with van der Waals surface area (Å²) < 4.78 is 0. The Labute approximate surface area is 125 Å². The smallest absolute Gasteiger partial charge is 0.235 e. The summed E-state index contributed by atoms with van der Waals surface area (Å²) in [5.41, 5.74) is 5.52. The van der Waals surface area contributed by atoms with Gasteiger partial charge in [-0.1, -0.05) is 41.5 Å². The van der Waals surface area contributed by atoms with Crippen molar-refractivity contribution in [2.45, 2.75) is 66.5 Å². The van der Waals surface area contributed by atoms with E-state index in [0.717, 1.165) is 25.9 Å². The highest BCUT2D eigenvalue weighted by Crippen LogP contribution is 2.07. The first-order chi connectivity index (χ1) is 9.22. The lowest BCUT2D eigenvalue weighted by Gasteiger charge is -2.29. The minimum Gasteiger partial charge on any atom is -0.368 e. The lowest BCUT2D eigenvalue weighted by molar-refractivity contribution is -0.120. The predicted octanol–water partition coefficient (Wildman–Crippen LogP) is 2.23. The molecule has 0 aromatic heterocycles. The van der Waals surface area contributed by atoms with E-state index in [4.69, 9.17) is 5.73 Å². The van der Waals surface area contributed by atoms with Crippen LogP contribution in [-0.2, 0) is 4.79 Å². The van der Waals surface area contributed by atoms with Gasteiger partial charge in [-0.25, -0.2) is 0 Å². The van der Waals surface area contributed by atoms with E-state index in [2.05, 4.69) is 37.9 Å². The molecule has 0 aromatic carbocycles. The van der Waals surface area contributed by atoms with E-state index < -0.39 is 0 Å². The maximum absolute atomic E-state index is 11.6. The summed E-state index contributed by atoms with van der Waals surface area (Å²) >= 11 is 0. The molecule has 0 aromatic rings. The summed E-state index contributed by atoms with van der Waals surface area (Å²) in [6.45, 7) is 15.8. The molecule has 0 aliphatic rings. The minimum atomic E-state index is -0.255. The molecule has 20 heavy (non-hydrogen) atoms. The molecule has 0 rings (SSSR count). The van der Waals surface area contributed by atoms with Crippen LogP contribution in [0.4, 0.5) is 0 Å². The maximum atomic E-state index is 11.6. The molecular formula is C16H35N3O. The predicted molar refractivity (Wildman–Crippen MR) is 86.6 cm³/mol. The van der Waals surface area contributed by atoms with Gasteiger partial charge in [-0.3, -0.25) is 4.79 Å². The number of carbonyl (C=O) groups excluding carboxylic acids is 1. The summed E-state index contributed by atoms with van der Waals surface area (Å²) in [4.78, 5) is 14.0. The fraction of sp³-hybridized carbons (Fsp3) is 0.938. The molecule has 4 heteroatoms. The normalized spacial score (nSPS) is 13.7. The topological polar surface area (TPSA) is 58.4 Å². The summed E-state index contributed by atoms with van der Waals surface area (Å²) in [6.07, 6.45) is 2.32. The number of hydrogen-bond donors (Lipinski definition) is 2. The van der Waals surface area contributed by atoms with Crippen molar-refractivity contribution in [1.82, 2.24) is 10.2 Å². The van der Waals surface area contributed by atoms with Gasteiger partial charge in [0.2, 0.25) is 5.91 Å². The quantitative estimate of drug-likeness (QED) is 0.612.